The normalized spacial score (nSPS) is 23.9. The minimum Gasteiger partial charge on any atom is -0.313 e. The molecule has 0 radical (unpaired) electrons. The van der Waals surface area contributed by atoms with Gasteiger partial charge in [0.15, 0.2) is 9.84 Å². The highest BCUT2D eigenvalue weighted by Gasteiger charge is 2.24. The van der Waals surface area contributed by atoms with Crippen LogP contribution in [0.5, 0.6) is 0 Å². The van der Waals surface area contributed by atoms with Gasteiger partial charge in [-0.3, -0.25) is 0 Å². The van der Waals surface area contributed by atoms with Crippen molar-refractivity contribution < 1.29 is 8.42 Å². The summed E-state index contributed by atoms with van der Waals surface area (Å²) in [5, 5.41) is 3.40. The minimum atomic E-state index is -2.80. The molecule has 3 nitrogen and oxygen atoms in total. The van der Waals surface area contributed by atoms with Gasteiger partial charge in [-0.05, 0) is 37.3 Å². The predicted octanol–water partition coefficient (Wildman–Crippen LogP) is 2.35. The van der Waals surface area contributed by atoms with Gasteiger partial charge in [-0.15, -0.1) is 0 Å². The molecule has 2 atom stereocenters. The maximum absolute atomic E-state index is 11.5. The highest BCUT2D eigenvalue weighted by Crippen LogP contribution is 2.18. The monoisotopic (exact) mass is 281 g/mol. The molecule has 1 aliphatic heterocycles. The lowest BCUT2D eigenvalue weighted by Gasteiger charge is -2.23. The van der Waals surface area contributed by atoms with Crippen LogP contribution in [0, 0.1) is 0 Å². The molecule has 2 unspecified atom stereocenters. The van der Waals surface area contributed by atoms with Gasteiger partial charge in [0.05, 0.1) is 11.5 Å². The van der Waals surface area contributed by atoms with Gasteiger partial charge in [0.1, 0.15) is 0 Å². The quantitative estimate of drug-likeness (QED) is 0.901. The number of benzene rings is 1. The highest BCUT2D eigenvalue weighted by atomic mass is 32.2. The van der Waals surface area contributed by atoms with Gasteiger partial charge in [0.25, 0.3) is 0 Å². The largest absolute Gasteiger partial charge is 0.313 e. The molecule has 19 heavy (non-hydrogen) atoms. The minimum absolute atomic E-state index is 0.154. The van der Waals surface area contributed by atoms with E-state index in [1.165, 1.54) is 5.56 Å². The van der Waals surface area contributed by atoms with Crippen molar-refractivity contribution in [1.29, 1.82) is 0 Å². The maximum Gasteiger partial charge on any atom is 0.151 e. The van der Waals surface area contributed by atoms with Crippen LogP contribution in [0.15, 0.2) is 30.3 Å². The van der Waals surface area contributed by atoms with E-state index in [0.29, 0.717) is 17.4 Å². The van der Waals surface area contributed by atoms with Crippen molar-refractivity contribution >= 4 is 9.84 Å². The summed E-state index contributed by atoms with van der Waals surface area (Å²) in [7, 11) is -2.80. The molecule has 1 heterocycles. The Labute approximate surface area is 116 Å². The van der Waals surface area contributed by atoms with Gasteiger partial charge in [0, 0.05) is 6.04 Å². The molecule has 0 bridgehead atoms. The lowest BCUT2D eigenvalue weighted by Crippen LogP contribution is -2.40. The van der Waals surface area contributed by atoms with E-state index in [1.54, 1.807) is 0 Å². The molecule has 1 fully saturated rings. The van der Waals surface area contributed by atoms with Gasteiger partial charge < -0.3 is 5.32 Å². The number of hydrogen-bond donors (Lipinski definition) is 1. The molecule has 1 N–H and O–H groups in total. The zero-order valence-corrected chi connectivity index (χ0v) is 12.3. The first kappa shape index (κ1) is 14.5. The van der Waals surface area contributed by atoms with Crippen molar-refractivity contribution in [3.8, 4) is 0 Å². The molecule has 0 amide bonds. The second kappa shape index (κ2) is 6.53. The smallest absolute Gasteiger partial charge is 0.151 e. The van der Waals surface area contributed by atoms with Crippen molar-refractivity contribution in [3.63, 3.8) is 0 Å². The Morgan fingerprint density at radius 2 is 2.05 bits per heavy atom. The van der Waals surface area contributed by atoms with Gasteiger partial charge in [0.2, 0.25) is 0 Å². The molecule has 4 heteroatoms. The molecule has 0 saturated carbocycles. The van der Waals surface area contributed by atoms with E-state index in [0.717, 1.165) is 25.8 Å². The molecule has 0 aliphatic carbocycles. The Hall–Kier alpha value is -0.870. The molecule has 1 saturated heterocycles. The summed E-state index contributed by atoms with van der Waals surface area (Å²) in [6.45, 7) is 3.10. The molecule has 0 aromatic heterocycles. The van der Waals surface area contributed by atoms with E-state index in [1.807, 2.05) is 6.07 Å². The number of hydrogen-bond acceptors (Lipinski definition) is 3. The topological polar surface area (TPSA) is 46.2 Å². The molecule has 106 valence electrons. The third kappa shape index (κ3) is 4.62. The number of sulfone groups is 1. The summed E-state index contributed by atoms with van der Waals surface area (Å²) >= 11 is 0. The van der Waals surface area contributed by atoms with Crippen LogP contribution in [0.3, 0.4) is 0 Å². The van der Waals surface area contributed by atoms with Gasteiger partial charge in [-0.25, -0.2) is 8.42 Å². The fraction of sp³-hybridized carbons (Fsp3) is 0.600. The third-order valence-corrected chi connectivity index (χ3v) is 5.66. The van der Waals surface area contributed by atoms with Crippen molar-refractivity contribution in [3.05, 3.63) is 35.9 Å². The van der Waals surface area contributed by atoms with E-state index in [-0.39, 0.29) is 6.04 Å². The second-order valence-electron chi connectivity index (χ2n) is 5.51. The Morgan fingerprint density at radius 1 is 1.32 bits per heavy atom. The predicted molar refractivity (Wildman–Crippen MR) is 79.2 cm³/mol. The third-order valence-electron chi connectivity index (χ3n) is 3.84. The van der Waals surface area contributed by atoms with Crippen molar-refractivity contribution in [2.45, 2.75) is 38.1 Å². The Morgan fingerprint density at radius 3 is 2.74 bits per heavy atom. The van der Waals surface area contributed by atoms with Crippen LogP contribution in [0.25, 0.3) is 0 Å². The van der Waals surface area contributed by atoms with Gasteiger partial charge in [-0.2, -0.15) is 0 Å². The summed E-state index contributed by atoms with van der Waals surface area (Å²) in [5.41, 5.74) is 1.35. The molecule has 0 spiro atoms. The van der Waals surface area contributed by atoms with Crippen LogP contribution in [-0.4, -0.2) is 32.5 Å². The Bertz CT molecular complexity index is 484. The Kier molecular flexibility index (Phi) is 4.99. The SMILES string of the molecule is CC(CCNC1CCCS(=O)(=O)C1)c1ccccc1. The van der Waals surface area contributed by atoms with Crippen molar-refractivity contribution in [2.75, 3.05) is 18.1 Å². The summed E-state index contributed by atoms with van der Waals surface area (Å²) in [6, 6.07) is 10.6. The van der Waals surface area contributed by atoms with Gasteiger partial charge >= 0.3 is 0 Å². The van der Waals surface area contributed by atoms with Crippen LogP contribution in [0.1, 0.15) is 37.7 Å². The lowest BCUT2D eigenvalue weighted by molar-refractivity contribution is 0.466. The molecule has 1 aromatic carbocycles. The molecule has 2 rings (SSSR count). The average molecular weight is 281 g/mol. The first-order valence-electron chi connectivity index (χ1n) is 7.05. The van der Waals surface area contributed by atoms with Crippen LogP contribution in [0.4, 0.5) is 0 Å². The number of rotatable bonds is 5. The molecule has 1 aromatic rings. The van der Waals surface area contributed by atoms with Crippen LogP contribution < -0.4 is 5.32 Å². The molecular formula is C15H23NO2S. The highest BCUT2D eigenvalue weighted by molar-refractivity contribution is 7.91. The van der Waals surface area contributed by atoms with E-state index < -0.39 is 9.84 Å². The van der Waals surface area contributed by atoms with E-state index >= 15 is 0 Å². The molecular weight excluding hydrogens is 258 g/mol. The zero-order chi connectivity index (χ0) is 13.7. The van der Waals surface area contributed by atoms with E-state index in [4.69, 9.17) is 0 Å². The summed E-state index contributed by atoms with van der Waals surface area (Å²) in [6.07, 6.45) is 2.83. The first-order chi connectivity index (χ1) is 9.07. The van der Waals surface area contributed by atoms with Crippen LogP contribution in [0.2, 0.25) is 0 Å². The zero-order valence-electron chi connectivity index (χ0n) is 11.5. The van der Waals surface area contributed by atoms with Crippen molar-refractivity contribution in [1.82, 2.24) is 5.32 Å². The number of nitrogens with one attached hydrogen (secondary N) is 1. The maximum atomic E-state index is 11.5. The first-order valence-corrected chi connectivity index (χ1v) is 8.88. The van der Waals surface area contributed by atoms with Crippen LogP contribution in [-0.2, 0) is 9.84 Å². The fourth-order valence-electron chi connectivity index (χ4n) is 2.64. The fourth-order valence-corrected chi connectivity index (χ4v) is 4.31. The average Bonchev–Trinajstić information content (AvgIpc) is 2.38. The van der Waals surface area contributed by atoms with Crippen molar-refractivity contribution in [2.24, 2.45) is 0 Å². The second-order valence-corrected chi connectivity index (χ2v) is 7.74. The molecule has 1 aliphatic rings. The van der Waals surface area contributed by atoms with E-state index in [9.17, 15) is 8.42 Å². The lowest BCUT2D eigenvalue weighted by atomic mass is 9.98. The van der Waals surface area contributed by atoms with Gasteiger partial charge in [-0.1, -0.05) is 37.3 Å². The van der Waals surface area contributed by atoms with Crippen LogP contribution >= 0.6 is 0 Å². The summed E-state index contributed by atoms with van der Waals surface area (Å²) in [4.78, 5) is 0. The van der Waals surface area contributed by atoms with E-state index in [2.05, 4.69) is 36.5 Å². The Balaban J connectivity index is 1.75. The summed E-state index contributed by atoms with van der Waals surface area (Å²) < 4.78 is 23.1. The standard InChI is InChI=1S/C15H23NO2S/c1-13(14-6-3-2-4-7-14)9-10-16-15-8-5-11-19(17,18)12-15/h2-4,6-7,13,15-16H,5,8-12H2,1H3. The summed E-state index contributed by atoms with van der Waals surface area (Å²) in [5.74, 6) is 1.19.